The van der Waals surface area contributed by atoms with E-state index < -0.39 is 0 Å². The molecule has 110 valence electrons. The molecule has 0 radical (unpaired) electrons. The van der Waals surface area contributed by atoms with Crippen molar-refractivity contribution < 1.29 is 9.53 Å². The van der Waals surface area contributed by atoms with Crippen molar-refractivity contribution in [3.8, 4) is 0 Å². The third-order valence-corrected chi connectivity index (χ3v) is 3.76. The van der Waals surface area contributed by atoms with Crippen LogP contribution >= 0.6 is 0 Å². The smallest absolute Gasteiger partial charge is 0.269 e. The van der Waals surface area contributed by atoms with E-state index in [-0.39, 0.29) is 11.3 Å². The number of anilines is 1. The van der Waals surface area contributed by atoms with Gasteiger partial charge in [0.1, 0.15) is 11.5 Å². The maximum Gasteiger partial charge on any atom is 0.269 e. The minimum Gasteiger partial charge on any atom is -0.385 e. The van der Waals surface area contributed by atoms with E-state index in [4.69, 9.17) is 4.74 Å². The van der Waals surface area contributed by atoms with Crippen molar-refractivity contribution in [2.45, 2.75) is 26.2 Å². The van der Waals surface area contributed by atoms with Crippen LogP contribution in [0.25, 0.3) is 0 Å². The minimum absolute atomic E-state index is 0.103. The fourth-order valence-electron chi connectivity index (χ4n) is 2.21. The molecule has 5 nitrogen and oxygen atoms in total. The van der Waals surface area contributed by atoms with Crippen molar-refractivity contribution in [3.63, 3.8) is 0 Å². The Morgan fingerprint density at radius 2 is 2.25 bits per heavy atom. The number of hydrogen-bond acceptors (Lipinski definition) is 4. The molecule has 0 aliphatic heterocycles. The zero-order chi connectivity index (χ0) is 14.4. The Bertz CT molecular complexity index is 458. The summed E-state index contributed by atoms with van der Waals surface area (Å²) in [6.45, 7) is 4.26. The number of rotatable bonds is 8. The monoisotopic (exact) mass is 277 g/mol. The van der Waals surface area contributed by atoms with Gasteiger partial charge in [-0.2, -0.15) is 0 Å². The summed E-state index contributed by atoms with van der Waals surface area (Å²) in [6.07, 6.45) is 3.34. The van der Waals surface area contributed by atoms with Gasteiger partial charge in [-0.1, -0.05) is 6.07 Å². The maximum absolute atomic E-state index is 12.1. The van der Waals surface area contributed by atoms with Crippen LogP contribution in [0.3, 0.4) is 0 Å². The van der Waals surface area contributed by atoms with Crippen molar-refractivity contribution in [1.82, 2.24) is 10.3 Å². The third kappa shape index (κ3) is 3.93. The quantitative estimate of drug-likeness (QED) is 0.763. The molecule has 0 atom stereocenters. The normalized spacial score (nSPS) is 15.7. The topological polar surface area (TPSA) is 63.2 Å². The Kier molecular flexibility index (Phi) is 4.95. The van der Waals surface area contributed by atoms with E-state index in [1.807, 2.05) is 19.1 Å². The first-order valence-corrected chi connectivity index (χ1v) is 7.17. The van der Waals surface area contributed by atoms with E-state index >= 15 is 0 Å². The number of pyridine rings is 1. The molecule has 0 saturated heterocycles. The van der Waals surface area contributed by atoms with Crippen LogP contribution in [0.4, 0.5) is 5.82 Å². The SMILES string of the molecule is CCNc1cccc(C(=O)NCC2(CCOC)CC2)n1. The van der Waals surface area contributed by atoms with E-state index in [9.17, 15) is 4.79 Å². The summed E-state index contributed by atoms with van der Waals surface area (Å²) in [5.74, 6) is 0.633. The van der Waals surface area contributed by atoms with Crippen molar-refractivity contribution in [3.05, 3.63) is 23.9 Å². The molecule has 1 fully saturated rings. The number of amides is 1. The summed E-state index contributed by atoms with van der Waals surface area (Å²) in [5.41, 5.74) is 0.719. The Balaban J connectivity index is 1.87. The van der Waals surface area contributed by atoms with E-state index in [0.717, 1.165) is 25.4 Å². The van der Waals surface area contributed by atoms with Crippen molar-refractivity contribution >= 4 is 11.7 Å². The van der Waals surface area contributed by atoms with Crippen LogP contribution in [-0.4, -0.2) is 37.7 Å². The molecular formula is C15H23N3O2. The molecule has 1 saturated carbocycles. The summed E-state index contributed by atoms with van der Waals surface area (Å²) in [5, 5.41) is 6.10. The molecule has 0 spiro atoms. The molecule has 0 unspecified atom stereocenters. The molecule has 1 amide bonds. The van der Waals surface area contributed by atoms with Crippen LogP contribution in [0.15, 0.2) is 18.2 Å². The Hall–Kier alpha value is -1.62. The molecule has 20 heavy (non-hydrogen) atoms. The molecule has 0 aromatic carbocycles. The lowest BCUT2D eigenvalue weighted by Crippen LogP contribution is -2.31. The highest BCUT2D eigenvalue weighted by Crippen LogP contribution is 2.48. The number of aromatic nitrogens is 1. The molecule has 1 aliphatic carbocycles. The second kappa shape index (κ2) is 6.70. The molecule has 2 N–H and O–H groups in total. The van der Waals surface area contributed by atoms with Gasteiger partial charge in [0.15, 0.2) is 0 Å². The summed E-state index contributed by atoms with van der Waals surface area (Å²) in [7, 11) is 1.71. The summed E-state index contributed by atoms with van der Waals surface area (Å²) in [6, 6.07) is 5.45. The fraction of sp³-hybridized carbons (Fsp3) is 0.600. The fourth-order valence-corrected chi connectivity index (χ4v) is 2.21. The zero-order valence-electron chi connectivity index (χ0n) is 12.2. The number of carbonyl (C=O) groups excluding carboxylic acids is 1. The van der Waals surface area contributed by atoms with E-state index in [1.165, 1.54) is 12.8 Å². The Morgan fingerprint density at radius 3 is 2.90 bits per heavy atom. The largest absolute Gasteiger partial charge is 0.385 e. The average Bonchev–Trinajstić information content (AvgIpc) is 3.24. The lowest BCUT2D eigenvalue weighted by molar-refractivity contribution is 0.0933. The van der Waals surface area contributed by atoms with Crippen LogP contribution in [0.5, 0.6) is 0 Å². The highest BCUT2D eigenvalue weighted by atomic mass is 16.5. The lowest BCUT2D eigenvalue weighted by atomic mass is 10.0. The van der Waals surface area contributed by atoms with Crippen molar-refractivity contribution in [2.24, 2.45) is 5.41 Å². The van der Waals surface area contributed by atoms with Gasteiger partial charge < -0.3 is 15.4 Å². The van der Waals surface area contributed by atoms with Gasteiger partial charge in [0, 0.05) is 26.8 Å². The first-order valence-electron chi connectivity index (χ1n) is 7.17. The van der Waals surface area contributed by atoms with E-state index in [0.29, 0.717) is 12.2 Å². The molecule has 1 aromatic heterocycles. The summed E-state index contributed by atoms with van der Waals surface area (Å²) >= 11 is 0. The number of hydrogen-bond donors (Lipinski definition) is 2. The third-order valence-electron chi connectivity index (χ3n) is 3.76. The zero-order valence-corrected chi connectivity index (χ0v) is 12.2. The first-order chi connectivity index (χ1) is 9.69. The van der Waals surface area contributed by atoms with Crippen LogP contribution in [-0.2, 0) is 4.74 Å². The number of nitrogens with one attached hydrogen (secondary N) is 2. The molecule has 1 heterocycles. The van der Waals surface area contributed by atoms with Gasteiger partial charge in [-0.3, -0.25) is 4.79 Å². The van der Waals surface area contributed by atoms with Crippen molar-refractivity contribution in [1.29, 1.82) is 0 Å². The first kappa shape index (κ1) is 14.8. The maximum atomic E-state index is 12.1. The van der Waals surface area contributed by atoms with Crippen LogP contribution in [0.2, 0.25) is 0 Å². The van der Waals surface area contributed by atoms with Crippen LogP contribution in [0, 0.1) is 5.41 Å². The second-order valence-corrected chi connectivity index (χ2v) is 5.36. The molecule has 0 bridgehead atoms. The van der Waals surface area contributed by atoms with E-state index in [1.54, 1.807) is 13.2 Å². The summed E-state index contributed by atoms with van der Waals surface area (Å²) in [4.78, 5) is 16.4. The number of nitrogens with zero attached hydrogens (tertiary/aromatic N) is 1. The predicted molar refractivity (Wildman–Crippen MR) is 78.9 cm³/mol. The number of ether oxygens (including phenoxy) is 1. The Morgan fingerprint density at radius 1 is 1.45 bits per heavy atom. The molecular weight excluding hydrogens is 254 g/mol. The molecule has 5 heteroatoms. The Labute approximate surface area is 120 Å². The predicted octanol–water partition coefficient (Wildman–Crippen LogP) is 2.06. The molecule has 1 aliphatic rings. The molecule has 1 aromatic rings. The van der Waals surface area contributed by atoms with Gasteiger partial charge in [-0.15, -0.1) is 0 Å². The van der Waals surface area contributed by atoms with Gasteiger partial charge >= 0.3 is 0 Å². The highest BCUT2D eigenvalue weighted by Gasteiger charge is 2.42. The standard InChI is InChI=1S/C15H23N3O2/c1-3-16-13-6-4-5-12(18-13)14(19)17-11-15(7-8-15)9-10-20-2/h4-6H,3,7-11H2,1-2H3,(H,16,18)(H,17,19). The average molecular weight is 277 g/mol. The van der Waals surface area contributed by atoms with Gasteiger partial charge in [0.05, 0.1) is 0 Å². The summed E-state index contributed by atoms with van der Waals surface area (Å²) < 4.78 is 5.12. The van der Waals surface area contributed by atoms with Crippen molar-refractivity contribution in [2.75, 3.05) is 32.1 Å². The van der Waals surface area contributed by atoms with Gasteiger partial charge in [-0.25, -0.2) is 4.98 Å². The number of carbonyl (C=O) groups is 1. The van der Waals surface area contributed by atoms with Crippen LogP contribution in [0.1, 0.15) is 36.7 Å². The number of methoxy groups -OCH3 is 1. The van der Waals surface area contributed by atoms with Gasteiger partial charge in [-0.05, 0) is 43.7 Å². The van der Waals surface area contributed by atoms with Gasteiger partial charge in [0.25, 0.3) is 5.91 Å². The highest BCUT2D eigenvalue weighted by molar-refractivity contribution is 5.92. The lowest BCUT2D eigenvalue weighted by Gasteiger charge is -2.15. The minimum atomic E-state index is -0.103. The van der Waals surface area contributed by atoms with Crippen LogP contribution < -0.4 is 10.6 Å². The second-order valence-electron chi connectivity index (χ2n) is 5.36. The van der Waals surface area contributed by atoms with Gasteiger partial charge in [0.2, 0.25) is 0 Å². The molecule has 2 rings (SSSR count). The van der Waals surface area contributed by atoms with E-state index in [2.05, 4.69) is 15.6 Å².